The molecule has 0 saturated heterocycles. The highest BCUT2D eigenvalue weighted by molar-refractivity contribution is 6.00. The normalized spacial score (nSPS) is 21.9. The Balaban J connectivity index is 1.60. The zero-order chi connectivity index (χ0) is 17.0. The maximum Gasteiger partial charge on any atom is 0.226 e. The molecular weight excluding hydrogens is 312 g/mol. The summed E-state index contributed by atoms with van der Waals surface area (Å²) in [7, 11) is 2.09. The van der Waals surface area contributed by atoms with Gasteiger partial charge in [0.2, 0.25) is 5.91 Å². The molecule has 2 aromatic carbocycles. The summed E-state index contributed by atoms with van der Waals surface area (Å²) < 4.78 is 0. The number of fused-ring (bicyclic) bond motifs is 2. The van der Waals surface area contributed by atoms with Gasteiger partial charge in [0.05, 0.1) is 23.1 Å². The molecule has 1 atom stereocenters. The highest BCUT2D eigenvalue weighted by atomic mass is 16.1. The Morgan fingerprint density at radius 1 is 1.16 bits per heavy atom. The Kier molecular flexibility index (Phi) is 3.25. The number of carbonyl (C=O) groups is 1. The third-order valence-corrected chi connectivity index (χ3v) is 5.45. The molecule has 1 unspecified atom stereocenters. The van der Waals surface area contributed by atoms with Gasteiger partial charge < -0.3 is 15.6 Å². The van der Waals surface area contributed by atoms with Gasteiger partial charge in [0, 0.05) is 25.6 Å². The lowest BCUT2D eigenvalue weighted by Gasteiger charge is -2.15. The van der Waals surface area contributed by atoms with Crippen LogP contribution in [-0.4, -0.2) is 19.5 Å². The molecule has 1 saturated carbocycles. The number of para-hydroxylation sites is 1. The second-order valence-corrected chi connectivity index (χ2v) is 7.23. The van der Waals surface area contributed by atoms with Crippen LogP contribution in [0.15, 0.2) is 36.4 Å². The molecule has 2 aliphatic heterocycles. The van der Waals surface area contributed by atoms with Gasteiger partial charge in [-0.05, 0) is 48.1 Å². The van der Waals surface area contributed by atoms with Gasteiger partial charge in [-0.2, -0.15) is 0 Å². The van der Waals surface area contributed by atoms with Gasteiger partial charge in [0.1, 0.15) is 0 Å². The summed E-state index contributed by atoms with van der Waals surface area (Å²) in [5.41, 5.74) is 10.5. The average molecular weight is 334 g/mol. The van der Waals surface area contributed by atoms with Crippen molar-refractivity contribution in [1.82, 2.24) is 5.43 Å². The fourth-order valence-corrected chi connectivity index (χ4v) is 4.01. The highest BCUT2D eigenvalue weighted by Crippen LogP contribution is 2.48. The van der Waals surface area contributed by atoms with Gasteiger partial charge in [-0.3, -0.25) is 4.79 Å². The zero-order valence-corrected chi connectivity index (χ0v) is 14.3. The van der Waals surface area contributed by atoms with E-state index in [1.807, 2.05) is 12.1 Å². The van der Waals surface area contributed by atoms with E-state index >= 15 is 0 Å². The van der Waals surface area contributed by atoms with E-state index < -0.39 is 0 Å². The maximum absolute atomic E-state index is 11.8. The molecule has 2 heterocycles. The minimum Gasteiger partial charge on any atom is -0.382 e. The van der Waals surface area contributed by atoms with Crippen LogP contribution in [0.1, 0.15) is 30.9 Å². The van der Waals surface area contributed by atoms with Crippen molar-refractivity contribution in [3.05, 3.63) is 42.0 Å². The molecule has 0 spiro atoms. The van der Waals surface area contributed by atoms with Gasteiger partial charge in [0.15, 0.2) is 0 Å². The van der Waals surface area contributed by atoms with Gasteiger partial charge in [-0.1, -0.05) is 18.2 Å². The SMILES string of the molecule is CN1NC(C2CC2)c2cc(-c3cccc4c3NCCC(=O)N4)ccc21. The average Bonchev–Trinajstić information content (AvgIpc) is 3.42. The molecule has 3 aliphatic rings. The van der Waals surface area contributed by atoms with Crippen LogP contribution >= 0.6 is 0 Å². The van der Waals surface area contributed by atoms with Crippen LogP contribution in [0.5, 0.6) is 0 Å². The van der Waals surface area contributed by atoms with Crippen molar-refractivity contribution in [3.63, 3.8) is 0 Å². The first kappa shape index (κ1) is 14.8. The van der Waals surface area contributed by atoms with Crippen LogP contribution in [0, 0.1) is 5.92 Å². The lowest BCUT2D eigenvalue weighted by molar-refractivity contribution is -0.115. The molecule has 1 fully saturated rings. The van der Waals surface area contributed by atoms with Gasteiger partial charge >= 0.3 is 0 Å². The molecule has 0 bridgehead atoms. The highest BCUT2D eigenvalue weighted by Gasteiger charge is 2.38. The predicted octanol–water partition coefficient (Wildman–Crippen LogP) is 3.51. The fourth-order valence-electron chi connectivity index (χ4n) is 4.01. The lowest BCUT2D eigenvalue weighted by Crippen LogP contribution is -2.31. The number of amides is 1. The molecule has 5 rings (SSSR count). The number of hydrogen-bond acceptors (Lipinski definition) is 4. The van der Waals surface area contributed by atoms with E-state index in [4.69, 9.17) is 0 Å². The first-order valence-corrected chi connectivity index (χ1v) is 9.01. The second kappa shape index (κ2) is 5.49. The molecule has 128 valence electrons. The summed E-state index contributed by atoms with van der Waals surface area (Å²) in [6.07, 6.45) is 3.11. The number of benzene rings is 2. The van der Waals surface area contributed by atoms with Crippen molar-refractivity contribution in [2.24, 2.45) is 5.92 Å². The number of hydrazine groups is 1. The van der Waals surface area contributed by atoms with Crippen molar-refractivity contribution >= 4 is 23.0 Å². The van der Waals surface area contributed by atoms with Crippen molar-refractivity contribution in [3.8, 4) is 11.1 Å². The largest absolute Gasteiger partial charge is 0.382 e. The molecule has 0 aromatic heterocycles. The van der Waals surface area contributed by atoms with E-state index in [0.717, 1.165) is 22.9 Å². The van der Waals surface area contributed by atoms with Gasteiger partial charge in [0.25, 0.3) is 0 Å². The zero-order valence-electron chi connectivity index (χ0n) is 14.3. The van der Waals surface area contributed by atoms with Crippen molar-refractivity contribution in [2.75, 3.05) is 29.2 Å². The maximum atomic E-state index is 11.8. The summed E-state index contributed by atoms with van der Waals surface area (Å²) in [5, 5.41) is 8.59. The summed E-state index contributed by atoms with van der Waals surface area (Å²) in [5.74, 6) is 0.821. The van der Waals surface area contributed by atoms with E-state index in [0.29, 0.717) is 19.0 Å². The Bertz CT molecular complexity index is 859. The standard InChI is InChI=1S/C20H22N4O/c1-24-17-8-7-13(11-15(17)19(23-24)12-5-6-12)14-3-2-4-16-20(14)21-10-9-18(25)22-16/h2-4,7-8,11-12,19,21,23H,5-6,9-10H2,1H3,(H,22,25). The Morgan fingerprint density at radius 3 is 2.88 bits per heavy atom. The number of nitrogens with zero attached hydrogens (tertiary/aromatic N) is 1. The first-order chi connectivity index (χ1) is 12.2. The number of rotatable bonds is 2. The topological polar surface area (TPSA) is 56.4 Å². The minimum atomic E-state index is 0.0666. The van der Waals surface area contributed by atoms with Gasteiger partial charge in [-0.15, -0.1) is 0 Å². The smallest absolute Gasteiger partial charge is 0.226 e. The van der Waals surface area contributed by atoms with Crippen LogP contribution in [0.2, 0.25) is 0 Å². The molecule has 0 radical (unpaired) electrons. The number of anilines is 3. The van der Waals surface area contributed by atoms with Crippen LogP contribution in [-0.2, 0) is 4.79 Å². The fraction of sp³-hybridized carbons (Fsp3) is 0.350. The minimum absolute atomic E-state index is 0.0666. The van der Waals surface area contributed by atoms with Crippen molar-refractivity contribution < 1.29 is 4.79 Å². The lowest BCUT2D eigenvalue weighted by atomic mass is 9.95. The Morgan fingerprint density at radius 2 is 2.04 bits per heavy atom. The molecule has 5 heteroatoms. The van der Waals surface area contributed by atoms with Crippen molar-refractivity contribution in [1.29, 1.82) is 0 Å². The molecule has 2 aromatic rings. The van der Waals surface area contributed by atoms with Crippen LogP contribution in [0.25, 0.3) is 11.1 Å². The molecule has 5 nitrogen and oxygen atoms in total. The molecule has 1 aliphatic carbocycles. The Hall–Kier alpha value is -2.53. The van der Waals surface area contributed by atoms with E-state index in [-0.39, 0.29) is 5.91 Å². The summed E-state index contributed by atoms with van der Waals surface area (Å²) >= 11 is 0. The van der Waals surface area contributed by atoms with E-state index in [2.05, 4.69) is 52.4 Å². The number of hydrogen-bond donors (Lipinski definition) is 3. The summed E-state index contributed by atoms with van der Waals surface area (Å²) in [6, 6.07) is 13.2. The van der Waals surface area contributed by atoms with Crippen LogP contribution in [0.3, 0.4) is 0 Å². The molecule has 3 N–H and O–H groups in total. The monoisotopic (exact) mass is 334 g/mol. The third kappa shape index (κ3) is 2.46. The molecule has 1 amide bonds. The number of carbonyl (C=O) groups excluding carboxylic acids is 1. The summed E-state index contributed by atoms with van der Waals surface area (Å²) in [4.78, 5) is 11.8. The quantitative estimate of drug-likeness (QED) is 0.787. The van der Waals surface area contributed by atoms with E-state index in [1.165, 1.54) is 29.7 Å². The van der Waals surface area contributed by atoms with E-state index in [9.17, 15) is 4.79 Å². The number of nitrogens with one attached hydrogen (secondary N) is 3. The Labute approximate surface area is 147 Å². The van der Waals surface area contributed by atoms with Gasteiger partial charge in [-0.25, -0.2) is 5.43 Å². The third-order valence-electron chi connectivity index (χ3n) is 5.45. The molecule has 25 heavy (non-hydrogen) atoms. The second-order valence-electron chi connectivity index (χ2n) is 7.23. The van der Waals surface area contributed by atoms with E-state index in [1.54, 1.807) is 0 Å². The van der Waals surface area contributed by atoms with Crippen molar-refractivity contribution in [2.45, 2.75) is 25.3 Å². The van der Waals surface area contributed by atoms with Crippen LogP contribution in [0.4, 0.5) is 17.1 Å². The predicted molar refractivity (Wildman–Crippen MR) is 101 cm³/mol. The van der Waals surface area contributed by atoms with Crippen LogP contribution < -0.4 is 21.1 Å². The first-order valence-electron chi connectivity index (χ1n) is 9.01. The molecular formula is C20H22N4O. The summed E-state index contributed by atoms with van der Waals surface area (Å²) in [6.45, 7) is 0.662.